The number of aryl methyl sites for hydroxylation is 1. The molecule has 0 unspecified atom stereocenters. The third-order valence-electron chi connectivity index (χ3n) is 6.29. The lowest BCUT2D eigenvalue weighted by Gasteiger charge is -2.36. The van der Waals surface area contributed by atoms with Crippen molar-refractivity contribution in [2.45, 2.75) is 19.4 Å². The van der Waals surface area contributed by atoms with Gasteiger partial charge in [-0.05, 0) is 30.7 Å². The predicted molar refractivity (Wildman–Crippen MR) is 127 cm³/mol. The van der Waals surface area contributed by atoms with Crippen LogP contribution in [0.1, 0.15) is 12.8 Å². The Balaban J connectivity index is 1.21. The van der Waals surface area contributed by atoms with Crippen LogP contribution in [0.15, 0.2) is 64.1 Å². The highest BCUT2D eigenvalue weighted by Crippen LogP contribution is 2.33. The van der Waals surface area contributed by atoms with Crippen molar-refractivity contribution in [1.29, 1.82) is 0 Å². The number of benzene rings is 2. The second-order valence-corrected chi connectivity index (χ2v) is 8.24. The molecule has 10 nitrogen and oxygen atoms in total. The lowest BCUT2D eigenvalue weighted by atomic mass is 10.1. The predicted octanol–water partition coefficient (Wildman–Crippen LogP) is 3.18. The van der Waals surface area contributed by atoms with Crippen molar-refractivity contribution < 1.29 is 14.1 Å². The largest absolute Gasteiger partial charge is 0.419 e. The summed E-state index contributed by atoms with van der Waals surface area (Å²) in [5.74, 6) is -0.356. The number of nitro groups is 1. The number of non-ortho nitro benzene ring substituents is 1. The number of hydrogen-bond donors (Lipinski definition) is 0. The summed E-state index contributed by atoms with van der Waals surface area (Å²) in [6.07, 6.45) is 4.04. The Morgan fingerprint density at radius 3 is 2.65 bits per heavy atom. The molecule has 0 bridgehead atoms. The summed E-state index contributed by atoms with van der Waals surface area (Å²) in [7, 11) is 0. The number of nitro benzene ring substituents is 1. The van der Waals surface area contributed by atoms with Crippen LogP contribution in [-0.2, 0) is 11.3 Å². The maximum Gasteiger partial charge on any atom is 0.419 e. The topological polar surface area (TPSA) is 115 Å². The fraction of sp³-hybridized carbons (Fsp3) is 0.292. The molecule has 1 saturated heterocycles. The van der Waals surface area contributed by atoms with Crippen molar-refractivity contribution in [2.75, 3.05) is 31.1 Å². The summed E-state index contributed by atoms with van der Waals surface area (Å²) >= 11 is 0. The molecule has 1 fully saturated rings. The summed E-state index contributed by atoms with van der Waals surface area (Å²) in [6, 6.07) is 12.3. The second kappa shape index (κ2) is 8.97. The monoisotopic (exact) mass is 461 g/mol. The van der Waals surface area contributed by atoms with Gasteiger partial charge in [0, 0.05) is 68.7 Å². The van der Waals surface area contributed by atoms with Crippen molar-refractivity contribution in [2.24, 2.45) is 0 Å². The van der Waals surface area contributed by atoms with Crippen LogP contribution in [0.4, 0.5) is 11.4 Å². The molecule has 0 atom stereocenters. The van der Waals surface area contributed by atoms with Gasteiger partial charge in [0.25, 0.3) is 5.69 Å². The molecule has 0 N–H and O–H groups in total. The van der Waals surface area contributed by atoms with Crippen LogP contribution in [0.5, 0.6) is 0 Å². The zero-order valence-electron chi connectivity index (χ0n) is 18.4. The first-order valence-corrected chi connectivity index (χ1v) is 11.1. The molecule has 5 rings (SSSR count). The van der Waals surface area contributed by atoms with Crippen molar-refractivity contribution in [3.8, 4) is 0 Å². The highest BCUT2D eigenvalue weighted by atomic mass is 16.6. The molecule has 1 amide bonds. The Morgan fingerprint density at radius 2 is 1.85 bits per heavy atom. The van der Waals surface area contributed by atoms with E-state index in [1.807, 2.05) is 23.1 Å². The van der Waals surface area contributed by atoms with Gasteiger partial charge >= 0.3 is 5.76 Å². The first kappa shape index (κ1) is 21.6. The van der Waals surface area contributed by atoms with Crippen LogP contribution in [0.25, 0.3) is 21.9 Å². The van der Waals surface area contributed by atoms with Gasteiger partial charge in [-0.1, -0.05) is 12.1 Å². The molecule has 34 heavy (non-hydrogen) atoms. The Morgan fingerprint density at radius 1 is 1.06 bits per heavy atom. The summed E-state index contributed by atoms with van der Waals surface area (Å²) in [4.78, 5) is 43.8. The molecule has 174 valence electrons. The SMILES string of the molecule is O=C(CCCn1c(=O)oc2ccccc21)N1CCN(c2ccc([N+](=O)[O-])c3cnccc23)CC1. The van der Waals surface area contributed by atoms with Gasteiger partial charge < -0.3 is 14.2 Å². The highest BCUT2D eigenvalue weighted by Gasteiger charge is 2.24. The minimum atomic E-state index is -0.409. The number of amides is 1. The van der Waals surface area contributed by atoms with Crippen LogP contribution in [0.2, 0.25) is 0 Å². The van der Waals surface area contributed by atoms with Crippen LogP contribution < -0.4 is 10.7 Å². The number of carbonyl (C=O) groups is 1. The first-order valence-electron chi connectivity index (χ1n) is 11.1. The number of nitrogens with zero attached hydrogens (tertiary/aromatic N) is 5. The van der Waals surface area contributed by atoms with E-state index in [1.165, 1.54) is 12.3 Å². The summed E-state index contributed by atoms with van der Waals surface area (Å²) in [5.41, 5.74) is 2.22. The quantitative estimate of drug-likeness (QED) is 0.320. The zero-order valence-corrected chi connectivity index (χ0v) is 18.4. The molecule has 0 radical (unpaired) electrons. The average molecular weight is 461 g/mol. The van der Waals surface area contributed by atoms with Crippen molar-refractivity contribution >= 4 is 39.2 Å². The van der Waals surface area contributed by atoms with Gasteiger partial charge in [-0.15, -0.1) is 0 Å². The third-order valence-corrected chi connectivity index (χ3v) is 6.29. The van der Waals surface area contributed by atoms with Gasteiger partial charge in [-0.25, -0.2) is 4.79 Å². The molecule has 0 spiro atoms. The lowest BCUT2D eigenvalue weighted by molar-refractivity contribution is -0.383. The zero-order chi connectivity index (χ0) is 23.7. The maximum absolute atomic E-state index is 12.8. The Kier molecular flexibility index (Phi) is 5.70. The Hall–Kier alpha value is -4.21. The van der Waals surface area contributed by atoms with Crippen LogP contribution in [0.3, 0.4) is 0 Å². The molecule has 2 aromatic carbocycles. The van der Waals surface area contributed by atoms with Crippen LogP contribution in [0, 0.1) is 10.1 Å². The summed E-state index contributed by atoms with van der Waals surface area (Å²) < 4.78 is 6.81. The fourth-order valence-corrected chi connectivity index (χ4v) is 4.56. The number of piperazine rings is 1. The van der Waals surface area contributed by atoms with E-state index >= 15 is 0 Å². The molecule has 0 saturated carbocycles. The number of aromatic nitrogens is 2. The third kappa shape index (κ3) is 3.98. The fourth-order valence-electron chi connectivity index (χ4n) is 4.56. The van der Waals surface area contributed by atoms with Crippen molar-refractivity contribution in [3.63, 3.8) is 0 Å². The van der Waals surface area contributed by atoms with E-state index in [9.17, 15) is 19.7 Å². The first-order chi connectivity index (χ1) is 16.5. The number of carbonyl (C=O) groups excluding carboxylic acids is 1. The smallest absolute Gasteiger partial charge is 0.408 e. The maximum atomic E-state index is 12.8. The van der Waals surface area contributed by atoms with Crippen LogP contribution in [-0.4, -0.2) is 51.5 Å². The van der Waals surface area contributed by atoms with Crippen molar-refractivity contribution in [1.82, 2.24) is 14.5 Å². The van der Waals surface area contributed by atoms with Gasteiger partial charge in [0.15, 0.2) is 5.58 Å². The number of fused-ring (bicyclic) bond motifs is 2. The average Bonchev–Trinajstić information content (AvgIpc) is 3.18. The molecule has 0 aliphatic carbocycles. The van der Waals surface area contributed by atoms with Gasteiger partial charge in [-0.2, -0.15) is 0 Å². The number of anilines is 1. The van der Waals surface area contributed by atoms with E-state index < -0.39 is 10.7 Å². The van der Waals surface area contributed by atoms with E-state index in [0.717, 1.165) is 16.6 Å². The Labute approximate surface area is 194 Å². The van der Waals surface area contributed by atoms with Crippen LogP contribution >= 0.6 is 0 Å². The van der Waals surface area contributed by atoms with Gasteiger partial charge in [-0.3, -0.25) is 24.5 Å². The standard InChI is InChI=1S/C24H23N5O5/c30-23(6-3-11-28-21-4-1-2-5-22(21)34-24(28)31)27-14-12-26(13-15-27)19-7-8-20(29(32)33)18-16-25-10-9-17(18)19/h1-2,4-5,7-10,16H,3,6,11-15H2. The van der Waals surface area contributed by atoms with E-state index in [0.29, 0.717) is 56.5 Å². The van der Waals surface area contributed by atoms with Gasteiger partial charge in [0.1, 0.15) is 0 Å². The van der Waals surface area contributed by atoms with Crippen molar-refractivity contribution in [3.05, 3.63) is 75.5 Å². The lowest BCUT2D eigenvalue weighted by Crippen LogP contribution is -2.48. The van der Waals surface area contributed by atoms with E-state index in [-0.39, 0.29) is 11.6 Å². The van der Waals surface area contributed by atoms with E-state index in [2.05, 4.69) is 9.88 Å². The van der Waals surface area contributed by atoms with E-state index in [4.69, 9.17) is 4.42 Å². The molecular formula is C24H23N5O5. The summed E-state index contributed by atoms with van der Waals surface area (Å²) in [5, 5.41) is 12.6. The molecule has 2 aromatic heterocycles. The second-order valence-electron chi connectivity index (χ2n) is 8.24. The summed E-state index contributed by atoms with van der Waals surface area (Å²) in [6.45, 7) is 2.82. The minimum Gasteiger partial charge on any atom is -0.408 e. The highest BCUT2D eigenvalue weighted by molar-refractivity contribution is 5.99. The molecular weight excluding hydrogens is 438 g/mol. The molecule has 4 aromatic rings. The molecule has 10 heteroatoms. The normalized spacial score (nSPS) is 14.1. The number of rotatable bonds is 6. The van der Waals surface area contributed by atoms with Gasteiger partial charge in [0.2, 0.25) is 5.91 Å². The Bertz CT molecular complexity index is 1430. The van der Waals surface area contributed by atoms with E-state index in [1.54, 1.807) is 29.0 Å². The molecule has 1 aliphatic heterocycles. The molecule has 3 heterocycles. The number of para-hydroxylation sites is 2. The number of pyridine rings is 1. The minimum absolute atomic E-state index is 0.0326. The number of oxazole rings is 1. The molecule has 1 aliphatic rings. The number of hydrogen-bond acceptors (Lipinski definition) is 7. The van der Waals surface area contributed by atoms with Gasteiger partial charge in [0.05, 0.1) is 15.8 Å².